The lowest BCUT2D eigenvalue weighted by molar-refractivity contribution is 0.459. The molecule has 0 saturated carbocycles. The van der Waals surface area contributed by atoms with E-state index in [4.69, 9.17) is 0 Å². The SMILES string of the molecule is C=NN(C)\C(=C/N=C\C=C/C=C/C)C1=CC(C)=CC(C)C=C1.Cc1ccc(-c2ccccc2)cc1. The number of hydrogen-bond donors (Lipinski definition) is 0. The average Bonchev–Trinajstić information content (AvgIpc) is 3.04. The van der Waals surface area contributed by atoms with Gasteiger partial charge in [-0.25, -0.2) is 0 Å². The summed E-state index contributed by atoms with van der Waals surface area (Å²) in [5.74, 6) is 0.421. The van der Waals surface area contributed by atoms with Crippen LogP contribution < -0.4 is 0 Å². The predicted octanol–water partition coefficient (Wildman–Crippen LogP) is 8.32. The lowest BCUT2D eigenvalue weighted by Gasteiger charge is -2.16. The fourth-order valence-corrected chi connectivity index (χ4v) is 3.41. The molecule has 1 aliphatic carbocycles. The Hall–Kier alpha value is -3.98. The third-order valence-electron chi connectivity index (χ3n) is 5.29. The van der Waals surface area contributed by atoms with Gasteiger partial charge in [-0.1, -0.05) is 115 Å². The van der Waals surface area contributed by atoms with Crippen LogP contribution in [0.15, 0.2) is 136 Å². The maximum absolute atomic E-state index is 4.33. The highest BCUT2D eigenvalue weighted by molar-refractivity contribution is 5.72. The van der Waals surface area contributed by atoms with Gasteiger partial charge in [0.1, 0.15) is 0 Å². The fourth-order valence-electron chi connectivity index (χ4n) is 3.41. The fraction of sp³-hybridized carbons (Fsp3) is 0.188. The van der Waals surface area contributed by atoms with Gasteiger partial charge in [-0.15, -0.1) is 0 Å². The number of aryl methyl sites for hydroxylation is 1. The third kappa shape index (κ3) is 9.81. The van der Waals surface area contributed by atoms with Crippen molar-refractivity contribution in [2.75, 3.05) is 7.05 Å². The van der Waals surface area contributed by atoms with Crippen molar-refractivity contribution in [3.8, 4) is 11.1 Å². The molecule has 0 aliphatic heterocycles. The number of aliphatic imine (C=N–C) groups is 1. The van der Waals surface area contributed by atoms with Gasteiger partial charge in [0.25, 0.3) is 0 Å². The van der Waals surface area contributed by atoms with Crippen LogP contribution >= 0.6 is 0 Å². The molecule has 1 atom stereocenters. The predicted molar refractivity (Wildman–Crippen MR) is 155 cm³/mol. The molecule has 180 valence electrons. The molecule has 0 N–H and O–H groups in total. The Morgan fingerprint density at radius 1 is 0.943 bits per heavy atom. The first-order chi connectivity index (χ1) is 16.9. The molecule has 2 aromatic rings. The molecule has 3 rings (SSSR count). The number of rotatable bonds is 7. The Kier molecular flexibility index (Phi) is 11.7. The van der Waals surface area contributed by atoms with E-state index >= 15 is 0 Å². The monoisotopic (exact) mass is 463 g/mol. The van der Waals surface area contributed by atoms with Crippen molar-refractivity contribution in [3.05, 3.63) is 132 Å². The minimum Gasteiger partial charge on any atom is -0.267 e. The number of benzene rings is 2. The van der Waals surface area contributed by atoms with Crippen LogP contribution in [0.1, 0.15) is 26.3 Å². The van der Waals surface area contributed by atoms with E-state index in [1.54, 1.807) is 17.4 Å². The van der Waals surface area contributed by atoms with Gasteiger partial charge in [0.15, 0.2) is 0 Å². The summed E-state index contributed by atoms with van der Waals surface area (Å²) in [6.45, 7) is 11.9. The molecule has 3 heteroatoms. The second-order valence-electron chi connectivity index (χ2n) is 8.35. The molecule has 3 nitrogen and oxygen atoms in total. The van der Waals surface area contributed by atoms with Crippen LogP contribution in [0.25, 0.3) is 11.1 Å². The summed E-state index contributed by atoms with van der Waals surface area (Å²) < 4.78 is 0. The van der Waals surface area contributed by atoms with Crippen LogP contribution in [0.3, 0.4) is 0 Å². The molecule has 1 aliphatic rings. The number of hydrazone groups is 1. The van der Waals surface area contributed by atoms with Crippen LogP contribution in [-0.4, -0.2) is 25.0 Å². The van der Waals surface area contributed by atoms with E-state index in [1.807, 2.05) is 44.3 Å². The highest BCUT2D eigenvalue weighted by atomic mass is 15.4. The second kappa shape index (κ2) is 15.0. The zero-order valence-corrected chi connectivity index (χ0v) is 21.6. The summed E-state index contributed by atoms with van der Waals surface area (Å²) in [4.78, 5) is 4.33. The Bertz CT molecular complexity index is 1140. The highest BCUT2D eigenvalue weighted by Crippen LogP contribution is 2.23. The normalized spacial score (nSPS) is 16.0. The number of hydrogen-bond acceptors (Lipinski definition) is 3. The first-order valence-electron chi connectivity index (χ1n) is 11.9. The molecule has 0 bridgehead atoms. The van der Waals surface area contributed by atoms with Crippen LogP contribution in [0.2, 0.25) is 0 Å². The maximum atomic E-state index is 4.33. The molecule has 1 unspecified atom stereocenters. The zero-order valence-electron chi connectivity index (χ0n) is 21.6. The summed E-state index contributed by atoms with van der Waals surface area (Å²) in [5, 5.41) is 5.71. The standard InChI is InChI=1S/C19H25N3.C13H12/c1-6-7-8-9-12-21-15-19(22(5)20-4)18-11-10-16(2)13-17(3)14-18;1-11-7-9-13(10-8-11)12-5-3-2-4-6-12/h6-16H,4H2,1-3,5H3;2-10H,1H3/b7-6+,9-8-,19-15-,21-12-;. The number of nitrogens with zero attached hydrogens (tertiary/aromatic N) is 3. The molecule has 35 heavy (non-hydrogen) atoms. The number of likely N-dealkylation sites (N-methyl/N-ethyl adjacent to an activating group) is 1. The van der Waals surface area contributed by atoms with Crippen LogP contribution in [-0.2, 0) is 0 Å². The smallest absolute Gasteiger partial charge is 0.0845 e. The van der Waals surface area contributed by atoms with Crippen LogP contribution in [0.4, 0.5) is 0 Å². The second-order valence-corrected chi connectivity index (χ2v) is 8.35. The Labute approximate surface area is 211 Å². The quantitative estimate of drug-likeness (QED) is 0.230. The third-order valence-corrected chi connectivity index (χ3v) is 5.29. The van der Waals surface area contributed by atoms with Gasteiger partial charge in [-0.05, 0) is 43.9 Å². The van der Waals surface area contributed by atoms with Gasteiger partial charge in [-0.3, -0.25) is 10.0 Å². The topological polar surface area (TPSA) is 28.0 Å². The van der Waals surface area contributed by atoms with E-state index in [1.165, 1.54) is 22.3 Å². The molecule has 0 heterocycles. The molecular formula is C32H37N3. The van der Waals surface area contributed by atoms with Gasteiger partial charge in [-0.2, -0.15) is 5.10 Å². The minimum absolute atomic E-state index is 0.421. The lowest BCUT2D eigenvalue weighted by atomic mass is 10.0. The summed E-state index contributed by atoms with van der Waals surface area (Å²) in [6.07, 6.45) is 19.9. The van der Waals surface area contributed by atoms with E-state index in [-0.39, 0.29) is 0 Å². The maximum Gasteiger partial charge on any atom is 0.0845 e. The zero-order chi connectivity index (χ0) is 25.5. The van der Waals surface area contributed by atoms with Crippen molar-refractivity contribution in [3.63, 3.8) is 0 Å². The van der Waals surface area contributed by atoms with E-state index in [2.05, 4.69) is 110 Å². The van der Waals surface area contributed by atoms with Crippen molar-refractivity contribution in [2.24, 2.45) is 16.0 Å². The van der Waals surface area contributed by atoms with Crippen molar-refractivity contribution < 1.29 is 0 Å². The van der Waals surface area contributed by atoms with Gasteiger partial charge < -0.3 is 0 Å². The van der Waals surface area contributed by atoms with Crippen molar-refractivity contribution >= 4 is 12.9 Å². The lowest BCUT2D eigenvalue weighted by Crippen LogP contribution is -2.11. The van der Waals surface area contributed by atoms with E-state index in [9.17, 15) is 0 Å². The van der Waals surface area contributed by atoms with E-state index in [0.29, 0.717) is 5.92 Å². The van der Waals surface area contributed by atoms with E-state index < -0.39 is 0 Å². The van der Waals surface area contributed by atoms with Gasteiger partial charge in [0.2, 0.25) is 0 Å². The van der Waals surface area contributed by atoms with Gasteiger partial charge in [0, 0.05) is 25.6 Å². The van der Waals surface area contributed by atoms with Crippen molar-refractivity contribution in [2.45, 2.75) is 27.7 Å². The Morgan fingerprint density at radius 3 is 2.29 bits per heavy atom. The minimum atomic E-state index is 0.421. The summed E-state index contributed by atoms with van der Waals surface area (Å²) >= 11 is 0. The molecule has 0 radical (unpaired) electrons. The molecule has 0 amide bonds. The van der Waals surface area contributed by atoms with Crippen LogP contribution in [0, 0.1) is 12.8 Å². The Morgan fingerprint density at radius 2 is 1.63 bits per heavy atom. The van der Waals surface area contributed by atoms with Gasteiger partial charge >= 0.3 is 0 Å². The van der Waals surface area contributed by atoms with Crippen molar-refractivity contribution in [1.29, 1.82) is 0 Å². The van der Waals surface area contributed by atoms with Crippen molar-refractivity contribution in [1.82, 2.24) is 5.01 Å². The highest BCUT2D eigenvalue weighted by Gasteiger charge is 2.10. The number of allylic oxidation sites excluding steroid dienone is 9. The average molecular weight is 464 g/mol. The molecule has 2 aromatic carbocycles. The first-order valence-corrected chi connectivity index (χ1v) is 11.9. The Balaban J connectivity index is 0.000000279. The molecule has 0 aromatic heterocycles. The molecular weight excluding hydrogens is 426 g/mol. The van der Waals surface area contributed by atoms with E-state index in [0.717, 1.165) is 11.3 Å². The summed E-state index contributed by atoms with van der Waals surface area (Å²) in [5.41, 5.74) is 7.08. The van der Waals surface area contributed by atoms with Crippen LogP contribution in [0.5, 0.6) is 0 Å². The summed E-state index contributed by atoms with van der Waals surface area (Å²) in [7, 11) is 1.87. The summed E-state index contributed by atoms with van der Waals surface area (Å²) in [6, 6.07) is 19.0. The van der Waals surface area contributed by atoms with Gasteiger partial charge in [0.05, 0.1) is 11.9 Å². The molecule has 0 fully saturated rings. The molecule has 0 saturated heterocycles. The first kappa shape index (κ1) is 27.3. The largest absolute Gasteiger partial charge is 0.267 e. The molecule has 0 spiro atoms.